The van der Waals surface area contributed by atoms with Crippen LogP contribution >= 0.6 is 11.3 Å². The molecule has 0 aliphatic rings. The molecule has 0 saturated heterocycles. The van der Waals surface area contributed by atoms with Gasteiger partial charge in [-0.1, -0.05) is 11.8 Å². The Hall–Kier alpha value is -1.35. The summed E-state index contributed by atoms with van der Waals surface area (Å²) >= 11 is 1.65. The molecule has 1 rings (SSSR count). The van der Waals surface area contributed by atoms with Crippen LogP contribution in [-0.2, 0) is 11.3 Å². The van der Waals surface area contributed by atoms with E-state index in [1.807, 2.05) is 37.2 Å². The minimum Gasteiger partial charge on any atom is -0.353 e. The Morgan fingerprint density at radius 2 is 2.32 bits per heavy atom. The number of amides is 1. The fourth-order valence-corrected chi connectivity index (χ4v) is 2.54. The third-order valence-corrected chi connectivity index (χ3v) is 3.25. The third kappa shape index (κ3) is 5.88. The van der Waals surface area contributed by atoms with Gasteiger partial charge in [-0.15, -0.1) is 11.3 Å². The number of rotatable bonds is 5. The molecule has 0 fully saturated rings. The zero-order chi connectivity index (χ0) is 14.3. The van der Waals surface area contributed by atoms with Gasteiger partial charge >= 0.3 is 0 Å². The number of likely N-dealkylation sites (N-methyl/N-ethyl adjacent to an activating group) is 1. The Labute approximate surface area is 119 Å². The van der Waals surface area contributed by atoms with Crippen LogP contribution in [0.2, 0.25) is 0 Å². The topological polar surface area (TPSA) is 58.4 Å². The lowest BCUT2D eigenvalue weighted by atomic mass is 10.2. The van der Waals surface area contributed by atoms with Crippen LogP contribution in [0.3, 0.4) is 0 Å². The molecule has 19 heavy (non-hydrogen) atoms. The van der Waals surface area contributed by atoms with Gasteiger partial charge in [0, 0.05) is 23.0 Å². The molecule has 0 aromatic carbocycles. The standard InChI is InChI=1S/C14H21N3OS/c1-11(2)16-14(18)10-17(3)9-13-12(5-4-7-15)6-8-19-13/h6,8,11H,7,9-10,15H2,1-3H3,(H,16,18). The fraction of sp³-hybridized carbons (Fsp3) is 0.500. The molecule has 0 aliphatic heterocycles. The molecule has 0 saturated carbocycles. The highest BCUT2D eigenvalue weighted by atomic mass is 32.1. The van der Waals surface area contributed by atoms with Crippen molar-refractivity contribution >= 4 is 17.2 Å². The molecule has 104 valence electrons. The van der Waals surface area contributed by atoms with Crippen molar-refractivity contribution in [2.24, 2.45) is 5.73 Å². The zero-order valence-corrected chi connectivity index (χ0v) is 12.5. The average molecular weight is 279 g/mol. The quantitative estimate of drug-likeness (QED) is 0.791. The van der Waals surface area contributed by atoms with Crippen LogP contribution in [0.5, 0.6) is 0 Å². The van der Waals surface area contributed by atoms with E-state index >= 15 is 0 Å². The second-order valence-corrected chi connectivity index (χ2v) is 5.66. The smallest absolute Gasteiger partial charge is 0.234 e. The molecule has 1 heterocycles. The van der Waals surface area contributed by atoms with Gasteiger partial charge in [-0.05, 0) is 32.3 Å². The maximum Gasteiger partial charge on any atom is 0.234 e. The number of nitrogens with one attached hydrogen (secondary N) is 1. The van der Waals surface area contributed by atoms with Crippen LogP contribution in [0.15, 0.2) is 11.4 Å². The van der Waals surface area contributed by atoms with Crippen molar-refractivity contribution in [3.63, 3.8) is 0 Å². The summed E-state index contributed by atoms with van der Waals surface area (Å²) in [6.07, 6.45) is 0. The molecule has 0 radical (unpaired) electrons. The van der Waals surface area contributed by atoms with Crippen LogP contribution < -0.4 is 11.1 Å². The van der Waals surface area contributed by atoms with Crippen LogP contribution in [-0.4, -0.2) is 37.0 Å². The predicted octanol–water partition coefficient (Wildman–Crippen LogP) is 1.01. The Morgan fingerprint density at radius 3 is 2.95 bits per heavy atom. The molecule has 4 nitrogen and oxygen atoms in total. The molecule has 0 unspecified atom stereocenters. The van der Waals surface area contributed by atoms with Gasteiger partial charge in [0.2, 0.25) is 5.91 Å². The van der Waals surface area contributed by atoms with Crippen molar-refractivity contribution in [2.45, 2.75) is 26.4 Å². The van der Waals surface area contributed by atoms with E-state index in [4.69, 9.17) is 5.73 Å². The first kappa shape index (κ1) is 15.7. The second-order valence-electron chi connectivity index (χ2n) is 4.66. The minimum atomic E-state index is 0.0450. The van der Waals surface area contributed by atoms with Gasteiger partial charge in [0.05, 0.1) is 13.1 Å². The highest BCUT2D eigenvalue weighted by molar-refractivity contribution is 7.10. The Morgan fingerprint density at radius 1 is 1.58 bits per heavy atom. The number of carbonyl (C=O) groups excluding carboxylic acids is 1. The lowest BCUT2D eigenvalue weighted by Crippen LogP contribution is -2.38. The van der Waals surface area contributed by atoms with E-state index < -0.39 is 0 Å². The Bertz CT molecular complexity index is 471. The summed E-state index contributed by atoms with van der Waals surface area (Å²) in [7, 11) is 1.93. The zero-order valence-electron chi connectivity index (χ0n) is 11.7. The van der Waals surface area contributed by atoms with Crippen molar-refractivity contribution < 1.29 is 4.79 Å². The second kappa shape index (κ2) is 7.95. The number of thiophene rings is 1. The summed E-state index contributed by atoms with van der Waals surface area (Å²) in [5, 5.41) is 4.89. The van der Waals surface area contributed by atoms with Gasteiger partial charge in [0.15, 0.2) is 0 Å². The van der Waals surface area contributed by atoms with Gasteiger partial charge in [-0.25, -0.2) is 0 Å². The summed E-state index contributed by atoms with van der Waals surface area (Å²) < 4.78 is 0. The summed E-state index contributed by atoms with van der Waals surface area (Å²) in [5.74, 6) is 5.95. The van der Waals surface area contributed by atoms with Crippen molar-refractivity contribution in [3.05, 3.63) is 21.9 Å². The van der Waals surface area contributed by atoms with E-state index in [2.05, 4.69) is 17.2 Å². The maximum absolute atomic E-state index is 11.7. The highest BCUT2D eigenvalue weighted by Crippen LogP contribution is 2.17. The van der Waals surface area contributed by atoms with Crippen molar-refractivity contribution in [1.29, 1.82) is 0 Å². The molecule has 1 aromatic heterocycles. The van der Waals surface area contributed by atoms with E-state index in [0.717, 1.165) is 12.1 Å². The summed E-state index contributed by atoms with van der Waals surface area (Å²) in [5.41, 5.74) is 6.38. The summed E-state index contributed by atoms with van der Waals surface area (Å²) in [6, 6.07) is 2.17. The monoisotopic (exact) mass is 279 g/mol. The predicted molar refractivity (Wildman–Crippen MR) is 79.9 cm³/mol. The molecule has 1 amide bonds. The van der Waals surface area contributed by atoms with Crippen molar-refractivity contribution in [3.8, 4) is 11.8 Å². The molecule has 0 bridgehead atoms. The largest absolute Gasteiger partial charge is 0.353 e. The number of hydrogen-bond acceptors (Lipinski definition) is 4. The maximum atomic E-state index is 11.7. The van der Waals surface area contributed by atoms with Gasteiger partial charge in [-0.2, -0.15) is 0 Å². The SMILES string of the molecule is CC(C)NC(=O)CN(C)Cc1sccc1C#CCN. The van der Waals surface area contributed by atoms with E-state index in [1.165, 1.54) is 4.88 Å². The lowest BCUT2D eigenvalue weighted by Gasteiger charge is -2.16. The van der Waals surface area contributed by atoms with E-state index in [0.29, 0.717) is 13.1 Å². The molecule has 0 spiro atoms. The Balaban J connectivity index is 2.55. The summed E-state index contributed by atoms with van der Waals surface area (Å²) in [6.45, 7) is 5.38. The van der Waals surface area contributed by atoms with E-state index in [-0.39, 0.29) is 11.9 Å². The molecule has 1 aromatic rings. The number of nitrogens with zero attached hydrogens (tertiary/aromatic N) is 1. The van der Waals surface area contributed by atoms with Crippen LogP contribution in [0.4, 0.5) is 0 Å². The van der Waals surface area contributed by atoms with Crippen LogP contribution in [0.1, 0.15) is 24.3 Å². The van der Waals surface area contributed by atoms with Crippen molar-refractivity contribution in [1.82, 2.24) is 10.2 Å². The molecule has 3 N–H and O–H groups in total. The molecular formula is C14H21N3OS. The normalized spacial score (nSPS) is 10.4. The average Bonchev–Trinajstić information content (AvgIpc) is 2.72. The fourth-order valence-electron chi connectivity index (χ4n) is 1.63. The minimum absolute atomic E-state index is 0.0450. The van der Waals surface area contributed by atoms with Crippen LogP contribution in [0.25, 0.3) is 0 Å². The Kier molecular flexibility index (Phi) is 6.57. The van der Waals surface area contributed by atoms with Crippen LogP contribution in [0, 0.1) is 11.8 Å². The van der Waals surface area contributed by atoms with Gasteiger partial charge in [0.1, 0.15) is 0 Å². The van der Waals surface area contributed by atoms with Gasteiger partial charge in [-0.3, -0.25) is 9.69 Å². The molecular weight excluding hydrogens is 258 g/mol. The van der Waals surface area contributed by atoms with E-state index in [1.54, 1.807) is 11.3 Å². The van der Waals surface area contributed by atoms with E-state index in [9.17, 15) is 4.79 Å². The lowest BCUT2D eigenvalue weighted by molar-refractivity contribution is -0.122. The highest BCUT2D eigenvalue weighted by Gasteiger charge is 2.10. The number of nitrogens with two attached hydrogens (primary N) is 1. The molecule has 0 aliphatic carbocycles. The molecule has 0 atom stereocenters. The first-order valence-electron chi connectivity index (χ1n) is 6.26. The number of hydrogen-bond donors (Lipinski definition) is 2. The molecule has 5 heteroatoms. The van der Waals surface area contributed by atoms with Gasteiger partial charge < -0.3 is 11.1 Å². The first-order valence-corrected chi connectivity index (χ1v) is 7.14. The summed E-state index contributed by atoms with van der Waals surface area (Å²) in [4.78, 5) is 14.8. The number of carbonyl (C=O) groups is 1. The van der Waals surface area contributed by atoms with Gasteiger partial charge in [0.25, 0.3) is 0 Å². The van der Waals surface area contributed by atoms with Crippen molar-refractivity contribution in [2.75, 3.05) is 20.1 Å². The first-order chi connectivity index (χ1) is 9.02. The third-order valence-electron chi connectivity index (χ3n) is 2.35.